The minimum atomic E-state index is -0.475. The fraction of sp³-hybridized carbons (Fsp3) is 0.462. The summed E-state index contributed by atoms with van der Waals surface area (Å²) in [6.07, 6.45) is 3.06. The predicted octanol–water partition coefficient (Wildman–Crippen LogP) is 4.11. The Morgan fingerprint density at radius 1 is 0.969 bits per heavy atom. The van der Waals surface area contributed by atoms with E-state index in [1.807, 2.05) is 57.2 Å². The number of nitrogens with one attached hydrogen (secondary N) is 1. The first kappa shape index (κ1) is 23.6. The molecule has 1 aliphatic rings. The van der Waals surface area contributed by atoms with Crippen LogP contribution in [0, 0.1) is 0 Å². The Morgan fingerprint density at radius 2 is 1.72 bits per heavy atom. The number of hydrogen-bond donors (Lipinski definition) is 1. The zero-order valence-corrected chi connectivity index (χ0v) is 19.3. The zero-order chi connectivity index (χ0) is 22.9. The second-order valence-corrected chi connectivity index (χ2v) is 8.25. The number of hydrogen-bond acceptors (Lipinski definition) is 4. The smallest absolute Gasteiger partial charge is 0.243 e. The molecule has 0 aliphatic carbocycles. The van der Waals surface area contributed by atoms with Crippen molar-refractivity contribution in [3.8, 4) is 11.5 Å². The molecule has 2 aromatic rings. The van der Waals surface area contributed by atoms with Gasteiger partial charge >= 0.3 is 0 Å². The molecule has 1 aliphatic heterocycles. The van der Waals surface area contributed by atoms with Crippen molar-refractivity contribution in [3.63, 3.8) is 0 Å². The van der Waals surface area contributed by atoms with Gasteiger partial charge in [-0.25, -0.2) is 0 Å². The van der Waals surface area contributed by atoms with Gasteiger partial charge in [-0.1, -0.05) is 50.2 Å². The maximum Gasteiger partial charge on any atom is 0.243 e. The van der Waals surface area contributed by atoms with Gasteiger partial charge in [-0.05, 0) is 55.9 Å². The number of carbonyl (C=O) groups excluding carboxylic acids is 2. The summed E-state index contributed by atoms with van der Waals surface area (Å²) >= 11 is 0. The number of rotatable bonds is 11. The van der Waals surface area contributed by atoms with Crippen LogP contribution in [0.25, 0.3) is 0 Å². The van der Waals surface area contributed by atoms with Gasteiger partial charge in [-0.2, -0.15) is 0 Å². The third kappa shape index (κ3) is 6.25. The molecule has 2 aromatic carbocycles. The fourth-order valence-corrected chi connectivity index (χ4v) is 3.83. The zero-order valence-electron chi connectivity index (χ0n) is 19.3. The molecule has 1 N–H and O–H groups in total. The molecule has 1 heterocycles. The topological polar surface area (TPSA) is 67.9 Å². The van der Waals surface area contributed by atoms with Crippen molar-refractivity contribution in [2.24, 2.45) is 0 Å². The van der Waals surface area contributed by atoms with E-state index >= 15 is 0 Å². The molecule has 32 heavy (non-hydrogen) atoms. The van der Waals surface area contributed by atoms with Crippen LogP contribution in [0.15, 0.2) is 48.5 Å². The largest absolute Gasteiger partial charge is 0.454 e. The van der Waals surface area contributed by atoms with E-state index in [1.54, 1.807) is 4.90 Å². The van der Waals surface area contributed by atoms with Crippen molar-refractivity contribution in [1.82, 2.24) is 10.2 Å². The van der Waals surface area contributed by atoms with Crippen LogP contribution in [-0.4, -0.2) is 42.1 Å². The van der Waals surface area contributed by atoms with Gasteiger partial charge in [0, 0.05) is 19.0 Å². The lowest BCUT2D eigenvalue weighted by atomic mass is 10.0. The molecule has 2 amide bonds. The normalized spacial score (nSPS) is 14.0. The van der Waals surface area contributed by atoms with Crippen LogP contribution in [-0.2, 0) is 22.4 Å². The third-order valence-electron chi connectivity index (χ3n) is 5.94. The lowest BCUT2D eigenvalue weighted by molar-refractivity contribution is -0.141. The summed E-state index contributed by atoms with van der Waals surface area (Å²) in [5, 5.41) is 3.05. The molecule has 3 rings (SSSR count). The molecule has 0 saturated carbocycles. The van der Waals surface area contributed by atoms with Gasteiger partial charge < -0.3 is 19.7 Å². The number of ether oxygens (including phenoxy) is 2. The molecule has 0 fully saturated rings. The Balaban J connectivity index is 1.70. The minimum Gasteiger partial charge on any atom is -0.454 e. The maximum absolute atomic E-state index is 13.3. The molecule has 0 unspecified atom stereocenters. The number of carbonyl (C=O) groups is 2. The molecule has 0 aromatic heterocycles. The van der Waals surface area contributed by atoms with Crippen LogP contribution in [0.2, 0.25) is 0 Å². The summed E-state index contributed by atoms with van der Waals surface area (Å²) in [5.41, 5.74) is 2.17. The molecule has 0 spiro atoms. The summed E-state index contributed by atoms with van der Waals surface area (Å²) in [7, 11) is 0. The number of benzene rings is 2. The van der Waals surface area contributed by atoms with Crippen molar-refractivity contribution < 1.29 is 19.1 Å². The molecule has 2 atom stereocenters. The average molecular weight is 439 g/mol. The Hall–Kier alpha value is -3.02. The fourth-order valence-electron chi connectivity index (χ4n) is 3.83. The van der Waals surface area contributed by atoms with E-state index in [2.05, 4.69) is 17.4 Å². The first-order valence-electron chi connectivity index (χ1n) is 11.5. The van der Waals surface area contributed by atoms with E-state index in [4.69, 9.17) is 9.47 Å². The minimum absolute atomic E-state index is 0.00949. The first-order valence-corrected chi connectivity index (χ1v) is 11.5. The van der Waals surface area contributed by atoms with Crippen LogP contribution in [0.1, 0.15) is 51.2 Å². The van der Waals surface area contributed by atoms with Crippen LogP contribution >= 0.6 is 0 Å². The van der Waals surface area contributed by atoms with Crippen molar-refractivity contribution >= 4 is 11.8 Å². The molecular weight excluding hydrogens is 404 g/mol. The summed E-state index contributed by atoms with van der Waals surface area (Å²) in [4.78, 5) is 28.1. The highest BCUT2D eigenvalue weighted by atomic mass is 16.7. The van der Waals surface area contributed by atoms with E-state index in [0.717, 1.165) is 29.0 Å². The van der Waals surface area contributed by atoms with Crippen molar-refractivity contribution in [3.05, 3.63) is 59.7 Å². The summed E-state index contributed by atoms with van der Waals surface area (Å²) in [6.45, 7) is 6.72. The Morgan fingerprint density at radius 3 is 2.44 bits per heavy atom. The van der Waals surface area contributed by atoms with E-state index in [9.17, 15) is 9.59 Å². The van der Waals surface area contributed by atoms with Gasteiger partial charge in [0.05, 0.1) is 0 Å². The van der Waals surface area contributed by atoms with E-state index in [1.165, 1.54) is 0 Å². The Labute approximate surface area is 190 Å². The van der Waals surface area contributed by atoms with Crippen molar-refractivity contribution in [1.29, 1.82) is 0 Å². The molecule has 6 nitrogen and oxygen atoms in total. The second kappa shape index (κ2) is 11.6. The molecule has 172 valence electrons. The quantitative estimate of drug-likeness (QED) is 0.573. The van der Waals surface area contributed by atoms with Gasteiger partial charge in [0.2, 0.25) is 18.6 Å². The van der Waals surface area contributed by atoms with Crippen LogP contribution in [0.3, 0.4) is 0 Å². The van der Waals surface area contributed by atoms with Crippen molar-refractivity contribution in [2.75, 3.05) is 13.3 Å². The molecule has 6 heteroatoms. The van der Waals surface area contributed by atoms with Gasteiger partial charge in [0.15, 0.2) is 11.5 Å². The highest BCUT2D eigenvalue weighted by Gasteiger charge is 2.28. The highest BCUT2D eigenvalue weighted by Crippen LogP contribution is 2.32. The van der Waals surface area contributed by atoms with Crippen LogP contribution in [0.5, 0.6) is 11.5 Å². The summed E-state index contributed by atoms with van der Waals surface area (Å²) < 4.78 is 10.8. The van der Waals surface area contributed by atoms with E-state index < -0.39 is 6.04 Å². The molecule has 0 radical (unpaired) electrons. The average Bonchev–Trinajstić information content (AvgIpc) is 3.28. The van der Waals surface area contributed by atoms with Gasteiger partial charge in [-0.3, -0.25) is 9.59 Å². The maximum atomic E-state index is 13.3. The Kier molecular flexibility index (Phi) is 8.54. The van der Waals surface area contributed by atoms with Crippen LogP contribution in [0.4, 0.5) is 0 Å². The standard InChI is InChI=1S/C26H34N2O4/c1-4-19(3)27-26(30)22(5-2)28(16-15-20-9-7-6-8-10-20)25(29)14-12-21-11-13-23-24(17-21)32-18-31-23/h6-11,13,17,19,22H,4-5,12,14-16,18H2,1-3H3,(H,27,30)/t19-,22+/m0/s1. The van der Waals surface area contributed by atoms with Gasteiger partial charge in [-0.15, -0.1) is 0 Å². The number of nitrogens with zero attached hydrogens (tertiary/aromatic N) is 1. The first-order chi connectivity index (χ1) is 15.5. The van der Waals surface area contributed by atoms with Crippen molar-refractivity contribution in [2.45, 2.75) is 65.0 Å². The Bertz CT molecular complexity index is 900. The van der Waals surface area contributed by atoms with Gasteiger partial charge in [0.25, 0.3) is 0 Å². The highest BCUT2D eigenvalue weighted by molar-refractivity contribution is 5.88. The predicted molar refractivity (Wildman–Crippen MR) is 125 cm³/mol. The number of amides is 2. The third-order valence-corrected chi connectivity index (χ3v) is 5.94. The number of fused-ring (bicyclic) bond motifs is 1. The van der Waals surface area contributed by atoms with Gasteiger partial charge in [0.1, 0.15) is 6.04 Å². The second-order valence-electron chi connectivity index (χ2n) is 8.25. The summed E-state index contributed by atoms with van der Waals surface area (Å²) in [5.74, 6) is 1.36. The molecule has 0 saturated heterocycles. The lowest BCUT2D eigenvalue weighted by Gasteiger charge is -2.31. The lowest BCUT2D eigenvalue weighted by Crippen LogP contribution is -2.51. The van der Waals surface area contributed by atoms with E-state index in [-0.39, 0.29) is 24.6 Å². The summed E-state index contributed by atoms with van der Waals surface area (Å²) in [6, 6.07) is 15.4. The van der Waals surface area contributed by atoms with E-state index in [0.29, 0.717) is 32.2 Å². The number of aryl methyl sites for hydroxylation is 1. The molecule has 0 bridgehead atoms. The molecular formula is C26H34N2O4. The monoisotopic (exact) mass is 438 g/mol. The SMILES string of the molecule is CC[C@H](C(=O)N[C@@H](C)CC)N(CCc1ccccc1)C(=O)CCc1ccc2c(c1)OCO2. The van der Waals surface area contributed by atoms with Crippen LogP contribution < -0.4 is 14.8 Å².